The predicted molar refractivity (Wildman–Crippen MR) is 86.0 cm³/mol. The van der Waals surface area contributed by atoms with Crippen LogP contribution in [-0.4, -0.2) is 20.2 Å². The first kappa shape index (κ1) is 16.3. The fraction of sp³-hybridized carbons (Fsp3) is 0.133. The molecule has 2 heterocycles. The molecule has 0 radical (unpaired) electrons. The van der Waals surface area contributed by atoms with Crippen LogP contribution in [0.3, 0.4) is 0 Å². The number of allylic oxidation sites excluding steroid dienone is 5. The number of halogens is 4. The van der Waals surface area contributed by atoms with Crippen LogP contribution < -0.4 is 5.32 Å². The number of nitrogens with zero attached hydrogens (tertiary/aromatic N) is 3. The van der Waals surface area contributed by atoms with E-state index in [-0.39, 0.29) is 11.2 Å². The number of imidazole rings is 1. The number of aryl methyl sites for hydroxylation is 1. The minimum Gasteiger partial charge on any atom is -0.331 e. The summed E-state index contributed by atoms with van der Waals surface area (Å²) >= 11 is 5.89. The van der Waals surface area contributed by atoms with Crippen molar-refractivity contribution in [2.45, 2.75) is 6.18 Å². The highest BCUT2D eigenvalue weighted by molar-refractivity contribution is 6.33. The maximum atomic E-state index is 12.7. The zero-order chi connectivity index (χ0) is 17.5. The maximum absolute atomic E-state index is 12.7. The third-order valence-corrected chi connectivity index (χ3v) is 3.64. The Kier molecular flexibility index (Phi) is 3.92. The number of fused-ring (bicyclic) bond motifs is 1. The lowest BCUT2D eigenvalue weighted by molar-refractivity contribution is -0.137. The normalized spacial score (nSPS) is 16.8. The summed E-state index contributed by atoms with van der Waals surface area (Å²) in [6, 6.07) is 0.947. The molecule has 1 aliphatic carbocycles. The van der Waals surface area contributed by atoms with E-state index in [2.05, 4.69) is 15.3 Å². The third-order valence-electron chi connectivity index (χ3n) is 3.41. The smallest absolute Gasteiger partial charge is 0.331 e. The second-order valence-corrected chi connectivity index (χ2v) is 5.52. The summed E-state index contributed by atoms with van der Waals surface area (Å²) < 4.78 is 39.8. The van der Waals surface area contributed by atoms with E-state index < -0.39 is 11.7 Å². The Morgan fingerprint density at radius 3 is 2.79 bits per heavy atom. The van der Waals surface area contributed by atoms with Gasteiger partial charge in [0.2, 0.25) is 5.95 Å². The molecule has 0 amide bonds. The standard InChI is InChI=1S/C15H11ClF3N5/c1-24-13-12(5-9(7-21-13)15(17,18)19)23-14(24)22-6-8-4-10(16)2-3-11(8)20/h2-7,20H,1H3,(H,22,23)/b8-6-,20-11?. The molecule has 3 rings (SSSR count). The van der Waals surface area contributed by atoms with Crippen molar-refractivity contribution < 1.29 is 13.2 Å². The SMILES string of the molecule is Cn1c(N/C=C2/C=C(Cl)C=CC2=N)nc2cc(C(F)(F)F)cnc21. The van der Waals surface area contributed by atoms with Gasteiger partial charge in [-0.1, -0.05) is 11.6 Å². The Bertz CT molecular complexity index is 921. The van der Waals surface area contributed by atoms with Crippen LogP contribution in [0.4, 0.5) is 19.1 Å². The molecule has 5 nitrogen and oxygen atoms in total. The van der Waals surface area contributed by atoms with E-state index in [0.29, 0.717) is 22.2 Å². The Morgan fingerprint density at radius 2 is 2.08 bits per heavy atom. The van der Waals surface area contributed by atoms with Gasteiger partial charge in [0, 0.05) is 30.0 Å². The van der Waals surface area contributed by atoms with Crippen molar-refractivity contribution >= 4 is 34.4 Å². The van der Waals surface area contributed by atoms with Crippen LogP contribution in [0.2, 0.25) is 0 Å². The molecule has 24 heavy (non-hydrogen) atoms. The number of hydrogen-bond acceptors (Lipinski definition) is 4. The number of rotatable bonds is 2. The second kappa shape index (κ2) is 5.79. The van der Waals surface area contributed by atoms with Gasteiger partial charge in [-0.15, -0.1) is 0 Å². The van der Waals surface area contributed by atoms with Gasteiger partial charge in [0.05, 0.1) is 11.3 Å². The molecule has 0 aliphatic heterocycles. The minimum atomic E-state index is -4.47. The molecule has 0 atom stereocenters. The quantitative estimate of drug-likeness (QED) is 0.857. The fourth-order valence-corrected chi connectivity index (χ4v) is 2.34. The highest BCUT2D eigenvalue weighted by atomic mass is 35.5. The molecular weight excluding hydrogens is 343 g/mol. The van der Waals surface area contributed by atoms with E-state index in [1.165, 1.54) is 10.8 Å². The number of nitrogens with one attached hydrogen (secondary N) is 2. The van der Waals surface area contributed by atoms with E-state index in [4.69, 9.17) is 17.0 Å². The van der Waals surface area contributed by atoms with E-state index in [1.807, 2.05) is 0 Å². The summed E-state index contributed by atoms with van der Waals surface area (Å²) in [5.74, 6) is 0.302. The molecule has 0 saturated heterocycles. The summed E-state index contributed by atoms with van der Waals surface area (Å²) in [6.45, 7) is 0. The Hall–Kier alpha value is -2.61. The first-order valence-electron chi connectivity index (χ1n) is 6.76. The minimum absolute atomic E-state index is 0.125. The van der Waals surface area contributed by atoms with Gasteiger partial charge in [-0.25, -0.2) is 9.97 Å². The van der Waals surface area contributed by atoms with Crippen molar-refractivity contribution in [3.8, 4) is 0 Å². The van der Waals surface area contributed by atoms with Crippen LogP contribution in [0.1, 0.15) is 5.56 Å². The lowest BCUT2D eigenvalue weighted by Gasteiger charge is -2.07. The molecule has 2 N–H and O–H groups in total. The van der Waals surface area contributed by atoms with Gasteiger partial charge in [0.15, 0.2) is 5.65 Å². The average molecular weight is 354 g/mol. The maximum Gasteiger partial charge on any atom is 0.417 e. The molecular formula is C15H11ClF3N5. The van der Waals surface area contributed by atoms with E-state index in [0.717, 1.165) is 12.3 Å². The van der Waals surface area contributed by atoms with Gasteiger partial charge in [0.25, 0.3) is 0 Å². The monoisotopic (exact) mass is 353 g/mol. The topological polar surface area (TPSA) is 66.6 Å². The summed E-state index contributed by atoms with van der Waals surface area (Å²) in [7, 11) is 1.63. The van der Waals surface area contributed by atoms with Gasteiger partial charge in [-0.3, -0.25) is 4.57 Å². The molecule has 2 aromatic rings. The van der Waals surface area contributed by atoms with E-state index >= 15 is 0 Å². The van der Waals surface area contributed by atoms with Gasteiger partial charge < -0.3 is 10.7 Å². The number of hydrogen-bond donors (Lipinski definition) is 2. The van der Waals surface area contributed by atoms with Crippen LogP contribution in [0.5, 0.6) is 0 Å². The first-order valence-corrected chi connectivity index (χ1v) is 7.14. The van der Waals surface area contributed by atoms with Crippen molar-refractivity contribution in [1.82, 2.24) is 14.5 Å². The first-order chi connectivity index (χ1) is 11.3. The molecule has 0 spiro atoms. The van der Waals surface area contributed by atoms with Gasteiger partial charge >= 0.3 is 6.18 Å². The molecule has 2 aromatic heterocycles. The number of aromatic nitrogens is 3. The molecule has 9 heteroatoms. The van der Waals surface area contributed by atoms with E-state index in [9.17, 15) is 13.2 Å². The highest BCUT2D eigenvalue weighted by Gasteiger charge is 2.31. The predicted octanol–water partition coefficient (Wildman–Crippen LogP) is 4.00. The molecule has 1 aliphatic rings. The largest absolute Gasteiger partial charge is 0.417 e. The van der Waals surface area contributed by atoms with Crippen LogP contribution in [0.25, 0.3) is 11.2 Å². The van der Waals surface area contributed by atoms with Crippen LogP contribution >= 0.6 is 11.6 Å². The summed E-state index contributed by atoms with van der Waals surface area (Å²) in [6.07, 6.45) is 2.55. The Labute approximate surface area is 139 Å². The number of anilines is 1. The van der Waals surface area contributed by atoms with Crippen molar-refractivity contribution in [3.63, 3.8) is 0 Å². The molecule has 0 saturated carbocycles. The number of pyridine rings is 1. The summed E-state index contributed by atoms with van der Waals surface area (Å²) in [5.41, 5.74) is 0.366. The molecule has 0 fully saturated rings. The summed E-state index contributed by atoms with van der Waals surface area (Å²) in [5, 5.41) is 11.1. The lowest BCUT2D eigenvalue weighted by Crippen LogP contribution is -2.05. The molecule has 124 valence electrons. The summed E-state index contributed by atoms with van der Waals surface area (Å²) in [4.78, 5) is 7.94. The highest BCUT2D eigenvalue weighted by Crippen LogP contribution is 2.30. The van der Waals surface area contributed by atoms with Crippen molar-refractivity contribution in [2.24, 2.45) is 7.05 Å². The second-order valence-electron chi connectivity index (χ2n) is 5.08. The third kappa shape index (κ3) is 3.05. The zero-order valence-corrected chi connectivity index (χ0v) is 13.1. The van der Waals surface area contributed by atoms with Crippen LogP contribution in [0.15, 0.2) is 47.3 Å². The Morgan fingerprint density at radius 1 is 1.33 bits per heavy atom. The zero-order valence-electron chi connectivity index (χ0n) is 12.3. The van der Waals surface area contributed by atoms with Crippen molar-refractivity contribution in [2.75, 3.05) is 5.32 Å². The van der Waals surface area contributed by atoms with Crippen LogP contribution in [-0.2, 0) is 13.2 Å². The van der Waals surface area contributed by atoms with Crippen molar-refractivity contribution in [1.29, 1.82) is 5.41 Å². The van der Waals surface area contributed by atoms with Crippen LogP contribution in [0, 0.1) is 5.41 Å². The Balaban J connectivity index is 1.95. The molecule has 0 aromatic carbocycles. The van der Waals surface area contributed by atoms with Crippen molar-refractivity contribution in [3.05, 3.63) is 52.9 Å². The fourth-order valence-electron chi connectivity index (χ4n) is 2.16. The number of alkyl halides is 3. The van der Waals surface area contributed by atoms with Gasteiger partial charge in [-0.05, 0) is 24.3 Å². The molecule has 0 bridgehead atoms. The van der Waals surface area contributed by atoms with Gasteiger partial charge in [-0.2, -0.15) is 13.2 Å². The van der Waals surface area contributed by atoms with Gasteiger partial charge in [0.1, 0.15) is 5.52 Å². The molecule has 0 unspecified atom stereocenters. The lowest BCUT2D eigenvalue weighted by atomic mass is 10.1. The average Bonchev–Trinajstić information content (AvgIpc) is 2.83. The van der Waals surface area contributed by atoms with E-state index in [1.54, 1.807) is 25.3 Å².